The molecule has 0 aromatic carbocycles. The van der Waals surface area contributed by atoms with Crippen LogP contribution in [0.2, 0.25) is 0 Å². The number of imide groups is 1. The first-order valence-corrected chi connectivity index (χ1v) is 8.98. The van der Waals surface area contributed by atoms with Crippen molar-refractivity contribution in [2.75, 3.05) is 11.5 Å². The average molecular weight is 302 g/mol. The van der Waals surface area contributed by atoms with Gasteiger partial charge in [0.25, 0.3) is 0 Å². The molecule has 20 heavy (non-hydrogen) atoms. The maximum atomic E-state index is 12.2. The van der Waals surface area contributed by atoms with E-state index in [9.17, 15) is 18.0 Å². The second-order valence-corrected chi connectivity index (χ2v) is 8.01. The lowest BCUT2D eigenvalue weighted by Gasteiger charge is -2.26. The Morgan fingerprint density at radius 1 is 1.30 bits per heavy atom. The van der Waals surface area contributed by atoms with Gasteiger partial charge in [-0.15, -0.1) is 0 Å². The quantitative estimate of drug-likeness (QED) is 0.744. The molecule has 2 aliphatic heterocycles. The molecule has 2 rings (SSSR count). The highest BCUT2D eigenvalue weighted by molar-refractivity contribution is 7.91. The third-order valence-corrected chi connectivity index (χ3v) is 5.92. The van der Waals surface area contributed by atoms with Gasteiger partial charge in [-0.05, 0) is 26.2 Å². The summed E-state index contributed by atoms with van der Waals surface area (Å²) < 4.78 is 22.7. The van der Waals surface area contributed by atoms with Gasteiger partial charge >= 0.3 is 0 Å². The summed E-state index contributed by atoms with van der Waals surface area (Å²) in [6, 6.07) is -0.548. The largest absolute Gasteiger partial charge is 0.303 e. The lowest BCUT2D eigenvalue weighted by Crippen LogP contribution is -2.48. The van der Waals surface area contributed by atoms with Gasteiger partial charge in [-0.3, -0.25) is 14.5 Å². The second kappa shape index (κ2) is 5.81. The molecule has 0 saturated carbocycles. The first-order valence-electron chi connectivity index (χ1n) is 7.16. The molecular formula is C13H22N2O4S. The monoisotopic (exact) mass is 302 g/mol. The predicted molar refractivity (Wildman–Crippen MR) is 74.8 cm³/mol. The van der Waals surface area contributed by atoms with Crippen molar-refractivity contribution in [1.82, 2.24) is 10.2 Å². The Hall–Kier alpha value is -0.950. The van der Waals surface area contributed by atoms with Crippen LogP contribution in [0, 0.1) is 0 Å². The first kappa shape index (κ1) is 15.4. The average Bonchev–Trinajstić information content (AvgIpc) is 2.66. The standard InChI is InChI=1S/C13H22N2O4S/c1-3-9(2)15-12(16)8-11(13(15)17)14-10-4-6-20(18,19)7-5-10/h9-11,14H,3-8H2,1-2H3. The molecule has 0 aromatic rings. The molecule has 2 saturated heterocycles. The van der Waals surface area contributed by atoms with E-state index in [4.69, 9.17) is 0 Å². The van der Waals surface area contributed by atoms with E-state index in [1.165, 1.54) is 4.90 Å². The van der Waals surface area contributed by atoms with Crippen LogP contribution in [0.4, 0.5) is 0 Å². The summed E-state index contributed by atoms with van der Waals surface area (Å²) in [5.74, 6) is 0.0199. The third-order valence-electron chi connectivity index (χ3n) is 4.21. The van der Waals surface area contributed by atoms with E-state index in [2.05, 4.69) is 5.32 Å². The summed E-state index contributed by atoms with van der Waals surface area (Å²) in [6.07, 6.45) is 1.96. The Labute approximate surface area is 119 Å². The fourth-order valence-corrected chi connectivity index (χ4v) is 4.26. The zero-order valence-electron chi connectivity index (χ0n) is 12.0. The summed E-state index contributed by atoms with van der Waals surface area (Å²) in [5, 5.41) is 3.17. The van der Waals surface area contributed by atoms with Crippen LogP contribution in [0.5, 0.6) is 0 Å². The molecule has 2 aliphatic rings. The number of amides is 2. The molecule has 2 atom stereocenters. The van der Waals surface area contributed by atoms with Crippen LogP contribution in [-0.2, 0) is 19.4 Å². The van der Waals surface area contributed by atoms with Crippen molar-refractivity contribution < 1.29 is 18.0 Å². The maximum Gasteiger partial charge on any atom is 0.247 e. The van der Waals surface area contributed by atoms with E-state index in [0.717, 1.165) is 6.42 Å². The molecular weight excluding hydrogens is 280 g/mol. The highest BCUT2D eigenvalue weighted by Gasteiger charge is 2.41. The maximum absolute atomic E-state index is 12.2. The Bertz CT molecular complexity index is 489. The van der Waals surface area contributed by atoms with Crippen molar-refractivity contribution in [3.05, 3.63) is 0 Å². The van der Waals surface area contributed by atoms with Gasteiger partial charge in [0.05, 0.1) is 24.0 Å². The smallest absolute Gasteiger partial charge is 0.247 e. The van der Waals surface area contributed by atoms with Crippen LogP contribution in [0.1, 0.15) is 39.5 Å². The molecule has 0 bridgehead atoms. The van der Waals surface area contributed by atoms with Gasteiger partial charge in [-0.2, -0.15) is 0 Å². The van der Waals surface area contributed by atoms with Gasteiger partial charge < -0.3 is 5.32 Å². The topological polar surface area (TPSA) is 83.6 Å². The first-order chi connectivity index (χ1) is 9.34. The highest BCUT2D eigenvalue weighted by atomic mass is 32.2. The Balaban J connectivity index is 1.95. The number of likely N-dealkylation sites (tertiary alicyclic amines) is 1. The van der Waals surface area contributed by atoms with E-state index in [-0.39, 0.29) is 41.8 Å². The highest BCUT2D eigenvalue weighted by Crippen LogP contribution is 2.20. The normalized spacial score (nSPS) is 28.9. The van der Waals surface area contributed by atoms with Gasteiger partial charge in [-0.25, -0.2) is 8.42 Å². The van der Waals surface area contributed by atoms with Gasteiger partial charge in [0.15, 0.2) is 0 Å². The van der Waals surface area contributed by atoms with Crippen LogP contribution >= 0.6 is 0 Å². The van der Waals surface area contributed by atoms with Crippen molar-refractivity contribution in [3.8, 4) is 0 Å². The number of nitrogens with one attached hydrogen (secondary N) is 1. The zero-order valence-corrected chi connectivity index (χ0v) is 12.8. The molecule has 2 amide bonds. The van der Waals surface area contributed by atoms with Gasteiger partial charge in [0.2, 0.25) is 11.8 Å². The number of carbonyl (C=O) groups excluding carboxylic acids is 2. The van der Waals surface area contributed by atoms with E-state index in [1.807, 2.05) is 13.8 Å². The van der Waals surface area contributed by atoms with E-state index < -0.39 is 15.9 Å². The van der Waals surface area contributed by atoms with Crippen LogP contribution < -0.4 is 5.32 Å². The van der Waals surface area contributed by atoms with Crippen molar-refractivity contribution in [2.45, 2.75) is 57.7 Å². The van der Waals surface area contributed by atoms with E-state index >= 15 is 0 Å². The molecule has 0 aliphatic carbocycles. The number of carbonyl (C=O) groups is 2. The fraction of sp³-hybridized carbons (Fsp3) is 0.846. The van der Waals surface area contributed by atoms with Gasteiger partial charge in [-0.1, -0.05) is 6.92 Å². The summed E-state index contributed by atoms with van der Waals surface area (Å²) in [5.41, 5.74) is 0. The summed E-state index contributed by atoms with van der Waals surface area (Å²) >= 11 is 0. The Morgan fingerprint density at radius 3 is 2.45 bits per heavy atom. The number of nitrogens with zero attached hydrogens (tertiary/aromatic N) is 1. The van der Waals surface area contributed by atoms with Crippen LogP contribution in [0.15, 0.2) is 0 Å². The zero-order chi connectivity index (χ0) is 14.9. The summed E-state index contributed by atoms with van der Waals surface area (Å²) in [6.45, 7) is 3.81. The minimum absolute atomic E-state index is 0.0113. The molecule has 0 aromatic heterocycles. The number of rotatable bonds is 4. The van der Waals surface area contributed by atoms with Crippen LogP contribution in [0.25, 0.3) is 0 Å². The van der Waals surface area contributed by atoms with E-state index in [1.54, 1.807) is 0 Å². The van der Waals surface area contributed by atoms with Crippen molar-refractivity contribution in [1.29, 1.82) is 0 Å². The number of hydrogen-bond donors (Lipinski definition) is 1. The van der Waals surface area contributed by atoms with Crippen molar-refractivity contribution >= 4 is 21.7 Å². The number of hydrogen-bond acceptors (Lipinski definition) is 5. The lowest BCUT2D eigenvalue weighted by molar-refractivity contribution is -0.141. The summed E-state index contributed by atoms with van der Waals surface area (Å²) in [4.78, 5) is 25.5. The molecule has 1 N–H and O–H groups in total. The molecule has 0 radical (unpaired) electrons. The fourth-order valence-electron chi connectivity index (χ4n) is 2.77. The van der Waals surface area contributed by atoms with Crippen molar-refractivity contribution in [3.63, 3.8) is 0 Å². The lowest BCUT2D eigenvalue weighted by atomic mass is 10.1. The van der Waals surface area contributed by atoms with Crippen LogP contribution in [-0.4, -0.2) is 54.8 Å². The molecule has 6 nitrogen and oxygen atoms in total. The SMILES string of the molecule is CCC(C)N1C(=O)CC(NC2CCS(=O)(=O)CC2)C1=O. The third kappa shape index (κ3) is 3.20. The molecule has 7 heteroatoms. The number of sulfone groups is 1. The molecule has 2 fully saturated rings. The summed E-state index contributed by atoms with van der Waals surface area (Å²) in [7, 11) is -2.90. The van der Waals surface area contributed by atoms with Gasteiger partial charge in [0, 0.05) is 12.1 Å². The predicted octanol–water partition coefficient (Wildman–Crippen LogP) is 0.0792. The van der Waals surface area contributed by atoms with Gasteiger partial charge in [0.1, 0.15) is 9.84 Å². The Morgan fingerprint density at radius 2 is 1.90 bits per heavy atom. The minimum Gasteiger partial charge on any atom is -0.303 e. The van der Waals surface area contributed by atoms with E-state index in [0.29, 0.717) is 12.8 Å². The molecule has 0 spiro atoms. The Kier molecular flexibility index (Phi) is 4.49. The van der Waals surface area contributed by atoms with Crippen molar-refractivity contribution in [2.24, 2.45) is 0 Å². The molecule has 2 heterocycles. The van der Waals surface area contributed by atoms with Crippen LogP contribution in [0.3, 0.4) is 0 Å². The molecule has 2 unspecified atom stereocenters. The minimum atomic E-state index is -2.90. The second-order valence-electron chi connectivity index (χ2n) is 5.71. The molecule has 114 valence electrons.